The molecule has 1 aliphatic heterocycles. The summed E-state index contributed by atoms with van der Waals surface area (Å²) in [4.78, 5) is 11.3. The Morgan fingerprint density at radius 1 is 1.53 bits per heavy atom. The van der Waals surface area contributed by atoms with Gasteiger partial charge in [-0.15, -0.1) is 0 Å². The van der Waals surface area contributed by atoms with E-state index in [0.717, 1.165) is 11.1 Å². The lowest BCUT2D eigenvalue weighted by Gasteiger charge is -2.24. The number of benzene rings is 1. The molecule has 1 amide bonds. The highest BCUT2D eigenvalue weighted by atomic mass is 16.5. The predicted octanol–water partition coefficient (Wildman–Crippen LogP) is 1.35. The molecule has 80 valence electrons. The zero-order valence-corrected chi connectivity index (χ0v) is 8.83. The smallest absolute Gasteiger partial charge is 0.226 e. The van der Waals surface area contributed by atoms with E-state index in [1.54, 1.807) is 7.11 Å². The van der Waals surface area contributed by atoms with Crippen molar-refractivity contribution in [3.8, 4) is 5.75 Å². The monoisotopic (exact) mass is 206 g/mol. The highest BCUT2D eigenvalue weighted by molar-refractivity contribution is 5.96. The van der Waals surface area contributed by atoms with Gasteiger partial charge in [0.1, 0.15) is 5.75 Å². The van der Waals surface area contributed by atoms with Crippen molar-refractivity contribution in [1.29, 1.82) is 0 Å². The normalized spacial score (nSPS) is 19.4. The van der Waals surface area contributed by atoms with Crippen LogP contribution in [0, 0.1) is 6.92 Å². The molecular weight excluding hydrogens is 192 g/mol. The Bertz CT molecular complexity index is 415. The van der Waals surface area contributed by atoms with Gasteiger partial charge in [0.2, 0.25) is 5.91 Å². The molecule has 0 saturated heterocycles. The minimum Gasteiger partial charge on any atom is -0.495 e. The molecule has 1 aromatic rings. The van der Waals surface area contributed by atoms with Crippen molar-refractivity contribution in [1.82, 2.24) is 0 Å². The van der Waals surface area contributed by atoms with Gasteiger partial charge in [0.15, 0.2) is 0 Å². The Balaban J connectivity index is 2.58. The minimum absolute atomic E-state index is 0.0582. The lowest BCUT2D eigenvalue weighted by atomic mass is 9.96. The van der Waals surface area contributed by atoms with Gasteiger partial charge in [-0.3, -0.25) is 4.79 Å². The quantitative estimate of drug-likeness (QED) is 0.728. The summed E-state index contributed by atoms with van der Waals surface area (Å²) < 4.78 is 5.22. The van der Waals surface area contributed by atoms with E-state index < -0.39 is 0 Å². The summed E-state index contributed by atoms with van der Waals surface area (Å²) in [6, 6.07) is 3.64. The summed E-state index contributed by atoms with van der Waals surface area (Å²) in [5, 5.41) is 2.79. The number of anilines is 1. The van der Waals surface area contributed by atoms with E-state index in [0.29, 0.717) is 17.9 Å². The molecule has 1 atom stereocenters. The number of carbonyl (C=O) groups is 1. The standard InChI is InChI=1S/C11H14N2O2/c1-6-3-7-8(12)5-10(14)13-11(7)9(4-6)15-2/h3-4,8H,5,12H2,1-2H3,(H,13,14). The van der Waals surface area contributed by atoms with Crippen LogP contribution in [-0.2, 0) is 4.79 Å². The first-order chi connectivity index (χ1) is 7.11. The van der Waals surface area contributed by atoms with Gasteiger partial charge in [-0.1, -0.05) is 6.07 Å². The maximum atomic E-state index is 11.3. The van der Waals surface area contributed by atoms with Crippen LogP contribution >= 0.6 is 0 Å². The molecule has 1 heterocycles. The number of carbonyl (C=O) groups excluding carboxylic acids is 1. The van der Waals surface area contributed by atoms with Crippen LogP contribution in [0.2, 0.25) is 0 Å². The van der Waals surface area contributed by atoms with Gasteiger partial charge >= 0.3 is 0 Å². The van der Waals surface area contributed by atoms with Gasteiger partial charge < -0.3 is 15.8 Å². The van der Waals surface area contributed by atoms with Crippen LogP contribution in [0.5, 0.6) is 5.75 Å². The fourth-order valence-electron chi connectivity index (χ4n) is 1.87. The van der Waals surface area contributed by atoms with Crippen LogP contribution in [0.25, 0.3) is 0 Å². The highest BCUT2D eigenvalue weighted by Crippen LogP contribution is 2.37. The fourth-order valence-corrected chi connectivity index (χ4v) is 1.87. The van der Waals surface area contributed by atoms with Crippen LogP contribution in [0.4, 0.5) is 5.69 Å². The first kappa shape index (κ1) is 9.98. The molecule has 15 heavy (non-hydrogen) atoms. The van der Waals surface area contributed by atoms with E-state index in [9.17, 15) is 4.79 Å². The zero-order valence-electron chi connectivity index (χ0n) is 8.83. The maximum Gasteiger partial charge on any atom is 0.226 e. The molecule has 0 radical (unpaired) electrons. The number of nitrogens with two attached hydrogens (primary N) is 1. The van der Waals surface area contributed by atoms with Crippen molar-refractivity contribution < 1.29 is 9.53 Å². The van der Waals surface area contributed by atoms with Gasteiger partial charge in [0.05, 0.1) is 12.8 Å². The van der Waals surface area contributed by atoms with Crippen molar-refractivity contribution in [3.05, 3.63) is 23.3 Å². The number of rotatable bonds is 1. The summed E-state index contributed by atoms with van der Waals surface area (Å²) in [6.45, 7) is 1.98. The number of nitrogens with one attached hydrogen (secondary N) is 1. The number of hydrogen-bond acceptors (Lipinski definition) is 3. The van der Waals surface area contributed by atoms with Crippen LogP contribution in [0.1, 0.15) is 23.6 Å². The molecule has 1 aliphatic rings. The Kier molecular flexibility index (Phi) is 2.36. The minimum atomic E-state index is -0.234. The maximum absolute atomic E-state index is 11.3. The third-order valence-electron chi connectivity index (χ3n) is 2.57. The average molecular weight is 206 g/mol. The third-order valence-corrected chi connectivity index (χ3v) is 2.57. The van der Waals surface area contributed by atoms with Gasteiger partial charge in [0.25, 0.3) is 0 Å². The van der Waals surface area contributed by atoms with E-state index in [2.05, 4.69) is 5.32 Å². The largest absolute Gasteiger partial charge is 0.495 e. The summed E-state index contributed by atoms with van der Waals surface area (Å²) in [7, 11) is 1.58. The topological polar surface area (TPSA) is 64.3 Å². The Labute approximate surface area is 88.4 Å². The first-order valence-electron chi connectivity index (χ1n) is 4.86. The number of methoxy groups -OCH3 is 1. The third kappa shape index (κ3) is 1.68. The summed E-state index contributed by atoms with van der Waals surface area (Å²) in [6.07, 6.45) is 0.333. The molecule has 0 fully saturated rings. The molecule has 2 rings (SSSR count). The summed E-state index contributed by atoms with van der Waals surface area (Å²) in [5.41, 5.74) is 8.66. The van der Waals surface area contributed by atoms with Crippen LogP contribution < -0.4 is 15.8 Å². The van der Waals surface area contributed by atoms with Crippen molar-refractivity contribution >= 4 is 11.6 Å². The zero-order chi connectivity index (χ0) is 11.0. The van der Waals surface area contributed by atoms with Crippen molar-refractivity contribution in [2.45, 2.75) is 19.4 Å². The Hall–Kier alpha value is -1.55. The number of ether oxygens (including phenoxy) is 1. The number of fused-ring (bicyclic) bond motifs is 1. The second-order valence-electron chi connectivity index (χ2n) is 3.79. The number of aryl methyl sites for hydroxylation is 1. The molecule has 0 spiro atoms. The van der Waals surface area contributed by atoms with Crippen molar-refractivity contribution in [2.75, 3.05) is 12.4 Å². The molecule has 0 saturated carbocycles. The first-order valence-corrected chi connectivity index (χ1v) is 4.86. The van der Waals surface area contributed by atoms with Crippen molar-refractivity contribution in [3.63, 3.8) is 0 Å². The number of hydrogen-bond donors (Lipinski definition) is 2. The van der Waals surface area contributed by atoms with E-state index >= 15 is 0 Å². The Morgan fingerprint density at radius 3 is 2.93 bits per heavy atom. The van der Waals surface area contributed by atoms with E-state index in [4.69, 9.17) is 10.5 Å². The van der Waals surface area contributed by atoms with E-state index in [-0.39, 0.29) is 11.9 Å². The SMILES string of the molecule is COc1cc(C)cc2c1NC(=O)CC2N. The second kappa shape index (κ2) is 3.55. The molecule has 1 aromatic carbocycles. The molecule has 4 heteroatoms. The predicted molar refractivity (Wildman–Crippen MR) is 57.9 cm³/mol. The lowest BCUT2D eigenvalue weighted by Crippen LogP contribution is -2.27. The van der Waals surface area contributed by atoms with Crippen molar-refractivity contribution in [2.24, 2.45) is 5.73 Å². The van der Waals surface area contributed by atoms with Gasteiger partial charge in [-0.25, -0.2) is 0 Å². The van der Waals surface area contributed by atoms with Gasteiger partial charge in [-0.2, -0.15) is 0 Å². The highest BCUT2D eigenvalue weighted by Gasteiger charge is 2.25. The Morgan fingerprint density at radius 2 is 2.27 bits per heavy atom. The fraction of sp³-hybridized carbons (Fsp3) is 0.364. The molecule has 4 nitrogen and oxygen atoms in total. The molecule has 0 aliphatic carbocycles. The van der Waals surface area contributed by atoms with Crippen LogP contribution in [-0.4, -0.2) is 13.0 Å². The lowest BCUT2D eigenvalue weighted by molar-refractivity contribution is -0.116. The van der Waals surface area contributed by atoms with Crippen LogP contribution in [0.3, 0.4) is 0 Å². The molecule has 1 unspecified atom stereocenters. The molecule has 3 N–H and O–H groups in total. The average Bonchev–Trinajstić information content (AvgIpc) is 2.18. The number of amides is 1. The van der Waals surface area contributed by atoms with E-state index in [1.165, 1.54) is 0 Å². The van der Waals surface area contributed by atoms with Gasteiger partial charge in [-0.05, 0) is 24.1 Å². The van der Waals surface area contributed by atoms with Gasteiger partial charge in [0, 0.05) is 12.5 Å². The summed E-state index contributed by atoms with van der Waals surface area (Å²) in [5.74, 6) is 0.616. The van der Waals surface area contributed by atoms with Crippen LogP contribution in [0.15, 0.2) is 12.1 Å². The molecular formula is C11H14N2O2. The summed E-state index contributed by atoms with van der Waals surface area (Å²) >= 11 is 0. The second-order valence-corrected chi connectivity index (χ2v) is 3.79. The molecule has 0 bridgehead atoms. The molecule has 0 aromatic heterocycles. The van der Waals surface area contributed by atoms with E-state index in [1.807, 2.05) is 19.1 Å².